The van der Waals surface area contributed by atoms with Crippen LogP contribution in [0.3, 0.4) is 0 Å². The number of nitrogen functional groups attached to an aromatic ring is 1. The number of pyridine rings is 1. The van der Waals surface area contributed by atoms with Gasteiger partial charge in [0, 0.05) is 42.3 Å². The number of rotatable bonds is 5. The van der Waals surface area contributed by atoms with E-state index in [0.717, 1.165) is 37.1 Å². The van der Waals surface area contributed by atoms with E-state index >= 15 is 0 Å². The fourth-order valence-corrected chi connectivity index (χ4v) is 5.34. The van der Waals surface area contributed by atoms with Crippen molar-refractivity contribution in [3.63, 3.8) is 0 Å². The standard InChI is InChI=1S/C27H34N4O2/c1-17(2)31-15-21-13-27(21,16-31)20-6-4-18(5-7-20)19-12-23(24(28)29-14-19)25(32)30-22-8-10-26(3,33)11-9-22/h4-7,12-14,17,22,33H,8-11,15-16H2,1-3H3,(H2,28,29)(H,30,32)/t22-,26-,27-/m1/s1. The zero-order chi connectivity index (χ0) is 23.4. The van der Waals surface area contributed by atoms with Gasteiger partial charge in [-0.3, -0.25) is 9.69 Å². The normalized spacial score (nSPS) is 29.0. The number of aromatic nitrogens is 1. The quantitative estimate of drug-likeness (QED) is 0.610. The number of carbonyl (C=O) groups is 1. The first-order valence-corrected chi connectivity index (χ1v) is 12.0. The van der Waals surface area contributed by atoms with Crippen molar-refractivity contribution in [2.75, 3.05) is 18.8 Å². The van der Waals surface area contributed by atoms with E-state index in [4.69, 9.17) is 5.73 Å². The summed E-state index contributed by atoms with van der Waals surface area (Å²) in [6.45, 7) is 8.49. The Balaban J connectivity index is 1.30. The first kappa shape index (κ1) is 22.1. The summed E-state index contributed by atoms with van der Waals surface area (Å²) in [5.74, 6) is 0.0385. The molecule has 0 spiro atoms. The van der Waals surface area contributed by atoms with E-state index in [1.807, 2.05) is 13.0 Å². The molecule has 2 fully saturated rings. The van der Waals surface area contributed by atoms with Crippen molar-refractivity contribution in [3.05, 3.63) is 59.3 Å². The smallest absolute Gasteiger partial charge is 0.255 e. The SMILES string of the molecule is CC(C)N1CC2=C[C@]2(c2ccc(-c3cnc(N)c(C(=O)N[C@H]4CC[C@](C)(O)CC4)c3)cc2)C1. The number of benzene rings is 1. The maximum absolute atomic E-state index is 12.9. The molecule has 1 saturated carbocycles. The van der Waals surface area contributed by atoms with Crippen molar-refractivity contribution >= 4 is 11.7 Å². The molecule has 1 saturated heterocycles. The van der Waals surface area contributed by atoms with Gasteiger partial charge >= 0.3 is 0 Å². The van der Waals surface area contributed by atoms with E-state index < -0.39 is 5.60 Å². The summed E-state index contributed by atoms with van der Waals surface area (Å²) in [7, 11) is 0. The van der Waals surface area contributed by atoms with Gasteiger partial charge in [-0.25, -0.2) is 4.98 Å². The molecule has 2 aromatic rings. The van der Waals surface area contributed by atoms with E-state index in [2.05, 4.69) is 59.4 Å². The molecule has 2 heterocycles. The number of anilines is 1. The summed E-state index contributed by atoms with van der Waals surface area (Å²) in [6.07, 6.45) is 7.03. The molecule has 1 atom stereocenters. The fraction of sp³-hybridized carbons (Fsp3) is 0.481. The minimum absolute atomic E-state index is 0.0522. The second-order valence-electron chi connectivity index (χ2n) is 10.6. The molecule has 1 amide bonds. The Bertz CT molecular complexity index is 1100. The van der Waals surface area contributed by atoms with E-state index in [-0.39, 0.29) is 23.2 Å². The molecule has 5 rings (SSSR count). The number of amides is 1. The van der Waals surface area contributed by atoms with Gasteiger partial charge in [-0.05, 0) is 69.2 Å². The molecule has 0 unspecified atom stereocenters. The van der Waals surface area contributed by atoms with Crippen molar-refractivity contribution in [3.8, 4) is 11.1 Å². The molecular formula is C27H34N4O2. The number of fused-ring (bicyclic) bond motifs is 1. The molecule has 1 aromatic heterocycles. The molecule has 6 heteroatoms. The van der Waals surface area contributed by atoms with Crippen molar-refractivity contribution in [2.45, 2.75) is 69.6 Å². The molecule has 33 heavy (non-hydrogen) atoms. The predicted octanol–water partition coefficient (Wildman–Crippen LogP) is 3.66. The summed E-state index contributed by atoms with van der Waals surface area (Å²) < 4.78 is 0. The van der Waals surface area contributed by atoms with Crippen LogP contribution in [0, 0.1) is 0 Å². The van der Waals surface area contributed by atoms with Gasteiger partial charge in [-0.2, -0.15) is 0 Å². The van der Waals surface area contributed by atoms with Crippen LogP contribution in [-0.4, -0.2) is 51.7 Å². The lowest BCUT2D eigenvalue weighted by atomic mass is 9.83. The van der Waals surface area contributed by atoms with Crippen molar-refractivity contribution in [1.82, 2.24) is 15.2 Å². The number of hydrogen-bond donors (Lipinski definition) is 3. The number of likely N-dealkylation sites (tertiary alicyclic amines) is 1. The van der Waals surface area contributed by atoms with Gasteiger partial charge in [-0.15, -0.1) is 0 Å². The van der Waals surface area contributed by atoms with Gasteiger partial charge in [0.05, 0.1) is 11.2 Å². The summed E-state index contributed by atoms with van der Waals surface area (Å²) in [4.78, 5) is 19.8. The van der Waals surface area contributed by atoms with Gasteiger partial charge in [0.2, 0.25) is 0 Å². The molecule has 1 aromatic carbocycles. The third-order valence-corrected chi connectivity index (χ3v) is 7.76. The van der Waals surface area contributed by atoms with Crippen LogP contribution in [0.5, 0.6) is 0 Å². The third kappa shape index (κ3) is 4.18. The lowest BCUT2D eigenvalue weighted by Crippen LogP contribution is -2.42. The van der Waals surface area contributed by atoms with Gasteiger partial charge in [0.1, 0.15) is 5.82 Å². The number of nitrogens with two attached hydrogens (primary N) is 1. The van der Waals surface area contributed by atoms with Crippen LogP contribution in [0.25, 0.3) is 11.1 Å². The van der Waals surface area contributed by atoms with Crippen LogP contribution in [0.2, 0.25) is 0 Å². The second-order valence-corrected chi connectivity index (χ2v) is 10.6. The minimum Gasteiger partial charge on any atom is -0.390 e. The molecule has 4 N–H and O–H groups in total. The van der Waals surface area contributed by atoms with Crippen LogP contribution in [0.4, 0.5) is 5.82 Å². The maximum atomic E-state index is 12.9. The number of hydrogen-bond acceptors (Lipinski definition) is 5. The molecule has 3 aliphatic rings. The largest absolute Gasteiger partial charge is 0.390 e. The summed E-state index contributed by atoms with van der Waals surface area (Å²) in [6, 6.07) is 11.1. The van der Waals surface area contributed by atoms with E-state index in [9.17, 15) is 9.90 Å². The highest BCUT2D eigenvalue weighted by molar-refractivity contribution is 5.99. The van der Waals surface area contributed by atoms with Gasteiger partial charge < -0.3 is 16.2 Å². The highest BCUT2D eigenvalue weighted by Crippen LogP contribution is 2.52. The molecule has 6 nitrogen and oxygen atoms in total. The Labute approximate surface area is 195 Å². The zero-order valence-corrected chi connectivity index (χ0v) is 19.8. The molecule has 0 radical (unpaired) electrons. The van der Waals surface area contributed by atoms with E-state index in [0.29, 0.717) is 24.4 Å². The number of carbonyl (C=O) groups excluding carboxylic acids is 1. The molecular weight excluding hydrogens is 412 g/mol. The van der Waals surface area contributed by atoms with Crippen LogP contribution in [0.15, 0.2) is 48.2 Å². The Morgan fingerprint density at radius 1 is 1.21 bits per heavy atom. The first-order valence-electron chi connectivity index (χ1n) is 12.0. The predicted molar refractivity (Wildman–Crippen MR) is 131 cm³/mol. The van der Waals surface area contributed by atoms with Crippen LogP contribution in [0.1, 0.15) is 62.4 Å². The molecule has 174 valence electrons. The Morgan fingerprint density at radius 3 is 2.55 bits per heavy atom. The molecule has 2 aliphatic carbocycles. The highest BCUT2D eigenvalue weighted by atomic mass is 16.3. The minimum atomic E-state index is -0.629. The van der Waals surface area contributed by atoms with E-state index in [1.54, 1.807) is 6.20 Å². The fourth-order valence-electron chi connectivity index (χ4n) is 5.34. The average molecular weight is 447 g/mol. The maximum Gasteiger partial charge on any atom is 0.255 e. The summed E-state index contributed by atoms with van der Waals surface area (Å²) in [5, 5.41) is 13.2. The highest BCUT2D eigenvalue weighted by Gasteiger charge is 2.52. The average Bonchev–Trinajstić information content (AvgIpc) is 3.36. The van der Waals surface area contributed by atoms with Crippen LogP contribution >= 0.6 is 0 Å². The number of nitrogens with zero attached hydrogens (tertiary/aromatic N) is 2. The third-order valence-electron chi connectivity index (χ3n) is 7.76. The number of aliphatic hydroxyl groups is 1. The molecule has 1 aliphatic heterocycles. The monoisotopic (exact) mass is 446 g/mol. The first-order chi connectivity index (χ1) is 15.7. The lowest BCUT2D eigenvalue weighted by molar-refractivity contribution is 0.0140. The Hall–Kier alpha value is -2.70. The summed E-state index contributed by atoms with van der Waals surface area (Å²) >= 11 is 0. The van der Waals surface area contributed by atoms with Crippen molar-refractivity contribution in [2.24, 2.45) is 0 Å². The molecule has 0 bridgehead atoms. The van der Waals surface area contributed by atoms with Gasteiger partial charge in [0.25, 0.3) is 5.91 Å². The second kappa shape index (κ2) is 7.96. The Kier molecular flexibility index (Phi) is 5.33. The van der Waals surface area contributed by atoms with Gasteiger partial charge in [0.15, 0.2) is 0 Å². The lowest BCUT2D eigenvalue weighted by Gasteiger charge is -2.33. The van der Waals surface area contributed by atoms with Crippen molar-refractivity contribution in [1.29, 1.82) is 0 Å². The van der Waals surface area contributed by atoms with Crippen molar-refractivity contribution < 1.29 is 9.90 Å². The number of nitrogens with one attached hydrogen (secondary N) is 1. The van der Waals surface area contributed by atoms with Crippen LogP contribution < -0.4 is 11.1 Å². The zero-order valence-electron chi connectivity index (χ0n) is 19.8. The Morgan fingerprint density at radius 2 is 1.91 bits per heavy atom. The van der Waals surface area contributed by atoms with E-state index in [1.165, 1.54) is 11.1 Å². The van der Waals surface area contributed by atoms with Gasteiger partial charge in [-0.1, -0.05) is 30.3 Å². The topological polar surface area (TPSA) is 91.5 Å². The summed E-state index contributed by atoms with van der Waals surface area (Å²) in [5.41, 5.74) is 10.7. The van der Waals surface area contributed by atoms with Crippen LogP contribution in [-0.2, 0) is 5.41 Å².